The molecule has 2 N–H and O–H groups in total. The van der Waals surface area contributed by atoms with Crippen molar-refractivity contribution in [2.75, 3.05) is 11.9 Å². The molecule has 0 saturated carbocycles. The molecule has 130 valence electrons. The van der Waals surface area contributed by atoms with E-state index in [1.807, 2.05) is 25.1 Å². The standard InChI is InChI=1S/C18H19N3O3S/c1-5-24-17(23)15-10(3)13(11(4)19-15)16(22)21-18-20-14-9(2)7-6-8-12(14)25-18/h6-8,19H,5H2,1-4H3,(H,20,21,22). The molecule has 0 spiro atoms. The fourth-order valence-corrected chi connectivity index (χ4v) is 3.74. The van der Waals surface area contributed by atoms with Gasteiger partial charge in [-0.1, -0.05) is 23.5 Å². The van der Waals surface area contributed by atoms with Crippen molar-refractivity contribution in [3.63, 3.8) is 0 Å². The van der Waals surface area contributed by atoms with Crippen LogP contribution in [0, 0.1) is 20.8 Å². The molecular weight excluding hydrogens is 338 g/mol. The number of fused-ring (bicyclic) bond motifs is 1. The highest BCUT2D eigenvalue weighted by Crippen LogP contribution is 2.29. The number of ether oxygens (including phenoxy) is 1. The number of anilines is 1. The minimum atomic E-state index is -0.460. The number of nitrogens with zero attached hydrogens (tertiary/aromatic N) is 1. The number of hydrogen-bond donors (Lipinski definition) is 2. The maximum atomic E-state index is 12.7. The Hall–Kier alpha value is -2.67. The Morgan fingerprint density at radius 2 is 2.04 bits per heavy atom. The van der Waals surface area contributed by atoms with Crippen LogP contribution in [0.15, 0.2) is 18.2 Å². The lowest BCUT2D eigenvalue weighted by Gasteiger charge is -2.03. The summed E-state index contributed by atoms with van der Waals surface area (Å²) in [6.45, 7) is 7.49. The summed E-state index contributed by atoms with van der Waals surface area (Å²) >= 11 is 1.42. The minimum Gasteiger partial charge on any atom is -0.461 e. The number of aromatic amines is 1. The van der Waals surface area contributed by atoms with Gasteiger partial charge in [-0.05, 0) is 44.9 Å². The monoisotopic (exact) mass is 357 g/mol. The van der Waals surface area contributed by atoms with Crippen LogP contribution in [0.25, 0.3) is 10.2 Å². The molecule has 0 aliphatic heterocycles. The third kappa shape index (κ3) is 3.15. The number of H-pyrrole nitrogens is 1. The summed E-state index contributed by atoms with van der Waals surface area (Å²) in [5, 5.41) is 3.37. The van der Waals surface area contributed by atoms with Crippen LogP contribution >= 0.6 is 11.3 Å². The van der Waals surface area contributed by atoms with E-state index in [0.29, 0.717) is 27.6 Å². The summed E-state index contributed by atoms with van der Waals surface area (Å²) in [4.78, 5) is 32.1. The topological polar surface area (TPSA) is 84.1 Å². The quantitative estimate of drug-likeness (QED) is 0.692. The average molecular weight is 357 g/mol. The van der Waals surface area contributed by atoms with Crippen molar-refractivity contribution in [1.29, 1.82) is 0 Å². The van der Waals surface area contributed by atoms with Crippen LogP contribution < -0.4 is 5.32 Å². The molecule has 2 aromatic heterocycles. The summed E-state index contributed by atoms with van der Waals surface area (Å²) in [5.41, 5.74) is 3.90. The number of rotatable bonds is 4. The van der Waals surface area contributed by atoms with Crippen molar-refractivity contribution < 1.29 is 14.3 Å². The maximum Gasteiger partial charge on any atom is 0.355 e. The summed E-state index contributed by atoms with van der Waals surface area (Å²) in [7, 11) is 0. The number of thiazole rings is 1. The molecular formula is C18H19N3O3S. The first-order valence-corrected chi connectivity index (χ1v) is 8.77. The van der Waals surface area contributed by atoms with Crippen LogP contribution in [-0.4, -0.2) is 28.5 Å². The molecule has 0 atom stereocenters. The number of nitrogens with one attached hydrogen (secondary N) is 2. The van der Waals surface area contributed by atoms with E-state index in [4.69, 9.17) is 4.74 Å². The van der Waals surface area contributed by atoms with Gasteiger partial charge in [0, 0.05) is 5.69 Å². The number of carbonyl (C=O) groups is 2. The molecule has 0 fully saturated rings. The number of aromatic nitrogens is 2. The van der Waals surface area contributed by atoms with Gasteiger partial charge in [-0.2, -0.15) is 0 Å². The molecule has 3 aromatic rings. The molecule has 7 heteroatoms. The molecule has 3 rings (SSSR count). The number of carbonyl (C=O) groups excluding carboxylic acids is 2. The van der Waals surface area contributed by atoms with Crippen LogP contribution in [0.5, 0.6) is 0 Å². The third-order valence-corrected chi connectivity index (χ3v) is 4.92. The predicted molar refractivity (Wildman–Crippen MR) is 98.5 cm³/mol. The van der Waals surface area contributed by atoms with Crippen LogP contribution in [0.3, 0.4) is 0 Å². The molecule has 0 radical (unpaired) electrons. The summed E-state index contributed by atoms with van der Waals surface area (Å²) < 4.78 is 6.03. The molecule has 0 aliphatic carbocycles. The molecule has 1 aromatic carbocycles. The van der Waals surface area contributed by atoms with Gasteiger partial charge in [0.15, 0.2) is 5.13 Å². The molecule has 0 bridgehead atoms. The zero-order valence-electron chi connectivity index (χ0n) is 14.5. The molecule has 1 amide bonds. The first kappa shape index (κ1) is 17.2. The van der Waals surface area contributed by atoms with Gasteiger partial charge in [-0.3, -0.25) is 10.1 Å². The minimum absolute atomic E-state index is 0.281. The van der Waals surface area contributed by atoms with E-state index in [1.54, 1.807) is 20.8 Å². The van der Waals surface area contributed by atoms with Gasteiger partial charge in [0.25, 0.3) is 5.91 Å². The molecule has 0 unspecified atom stereocenters. The van der Waals surface area contributed by atoms with Gasteiger partial charge < -0.3 is 9.72 Å². The Morgan fingerprint density at radius 1 is 1.28 bits per heavy atom. The molecule has 2 heterocycles. The molecule has 6 nitrogen and oxygen atoms in total. The van der Waals surface area contributed by atoms with Gasteiger partial charge in [0.1, 0.15) is 5.69 Å². The van der Waals surface area contributed by atoms with Crippen molar-refractivity contribution in [2.24, 2.45) is 0 Å². The highest BCUT2D eigenvalue weighted by molar-refractivity contribution is 7.22. The highest BCUT2D eigenvalue weighted by atomic mass is 32.1. The smallest absolute Gasteiger partial charge is 0.355 e. The normalized spacial score (nSPS) is 10.9. The van der Waals surface area contributed by atoms with E-state index in [0.717, 1.165) is 15.8 Å². The Morgan fingerprint density at radius 3 is 2.72 bits per heavy atom. The molecule has 0 aliphatic rings. The van der Waals surface area contributed by atoms with E-state index in [1.165, 1.54) is 11.3 Å². The van der Waals surface area contributed by atoms with E-state index in [-0.39, 0.29) is 12.5 Å². The number of benzene rings is 1. The third-order valence-electron chi connectivity index (χ3n) is 3.99. The van der Waals surface area contributed by atoms with Crippen LogP contribution in [0.1, 0.15) is 44.6 Å². The van der Waals surface area contributed by atoms with Crippen molar-refractivity contribution in [2.45, 2.75) is 27.7 Å². The highest BCUT2D eigenvalue weighted by Gasteiger charge is 2.23. The van der Waals surface area contributed by atoms with Crippen LogP contribution in [0.2, 0.25) is 0 Å². The molecule has 0 saturated heterocycles. The average Bonchev–Trinajstić information content (AvgIpc) is 3.09. The van der Waals surface area contributed by atoms with Gasteiger partial charge in [0.05, 0.1) is 22.4 Å². The largest absolute Gasteiger partial charge is 0.461 e. The fraction of sp³-hybridized carbons (Fsp3) is 0.278. The predicted octanol–water partition coefficient (Wildman–Crippen LogP) is 3.98. The Balaban J connectivity index is 1.90. The van der Waals surface area contributed by atoms with E-state index in [9.17, 15) is 9.59 Å². The lowest BCUT2D eigenvalue weighted by Crippen LogP contribution is -2.14. The van der Waals surface area contributed by atoms with E-state index < -0.39 is 5.97 Å². The number of aryl methyl sites for hydroxylation is 2. The summed E-state index contributed by atoms with van der Waals surface area (Å²) in [5.74, 6) is -0.753. The van der Waals surface area contributed by atoms with Crippen molar-refractivity contribution in [3.05, 3.63) is 46.3 Å². The SMILES string of the molecule is CCOC(=O)c1[nH]c(C)c(C(=O)Nc2nc3c(C)cccc3s2)c1C. The lowest BCUT2D eigenvalue weighted by molar-refractivity contribution is 0.0519. The first-order valence-electron chi connectivity index (χ1n) is 7.96. The second-order valence-electron chi connectivity index (χ2n) is 5.74. The fourth-order valence-electron chi connectivity index (χ4n) is 2.80. The van der Waals surface area contributed by atoms with Gasteiger partial charge >= 0.3 is 5.97 Å². The van der Waals surface area contributed by atoms with Crippen LogP contribution in [-0.2, 0) is 4.74 Å². The van der Waals surface area contributed by atoms with Gasteiger partial charge in [-0.15, -0.1) is 0 Å². The van der Waals surface area contributed by atoms with E-state index in [2.05, 4.69) is 15.3 Å². The number of esters is 1. The van der Waals surface area contributed by atoms with Crippen LogP contribution in [0.4, 0.5) is 5.13 Å². The van der Waals surface area contributed by atoms with E-state index >= 15 is 0 Å². The maximum absolute atomic E-state index is 12.7. The number of para-hydroxylation sites is 1. The van der Waals surface area contributed by atoms with Crippen molar-refractivity contribution >= 4 is 38.6 Å². The van der Waals surface area contributed by atoms with Crippen molar-refractivity contribution in [1.82, 2.24) is 9.97 Å². The number of hydrogen-bond acceptors (Lipinski definition) is 5. The Kier molecular flexibility index (Phi) is 4.59. The number of amides is 1. The van der Waals surface area contributed by atoms with Crippen molar-refractivity contribution in [3.8, 4) is 0 Å². The zero-order chi connectivity index (χ0) is 18.1. The summed E-state index contributed by atoms with van der Waals surface area (Å²) in [6, 6.07) is 5.93. The first-order chi connectivity index (χ1) is 11.9. The summed E-state index contributed by atoms with van der Waals surface area (Å²) in [6.07, 6.45) is 0. The van der Waals surface area contributed by atoms with Gasteiger partial charge in [0.2, 0.25) is 0 Å². The molecule has 25 heavy (non-hydrogen) atoms. The van der Waals surface area contributed by atoms with Gasteiger partial charge in [-0.25, -0.2) is 9.78 Å². The Labute approximate surface area is 149 Å². The second kappa shape index (κ2) is 6.68. The zero-order valence-corrected chi connectivity index (χ0v) is 15.3. The Bertz CT molecular complexity index is 972. The lowest BCUT2D eigenvalue weighted by atomic mass is 10.1. The second-order valence-corrected chi connectivity index (χ2v) is 6.77.